The number of rotatable bonds is 3. The maximum absolute atomic E-state index is 5.67. The summed E-state index contributed by atoms with van der Waals surface area (Å²) in [6, 6.07) is 5.68. The molecule has 5 heteroatoms. The van der Waals surface area contributed by atoms with Crippen molar-refractivity contribution in [1.29, 1.82) is 0 Å². The van der Waals surface area contributed by atoms with E-state index in [1.54, 1.807) is 7.11 Å². The van der Waals surface area contributed by atoms with Crippen LogP contribution in [0, 0.1) is 0 Å². The van der Waals surface area contributed by atoms with Gasteiger partial charge < -0.3 is 9.15 Å². The van der Waals surface area contributed by atoms with Crippen molar-refractivity contribution in [2.45, 2.75) is 18.8 Å². The minimum absolute atomic E-state index is 0.473. The first-order valence-electron chi connectivity index (χ1n) is 5.45. The fourth-order valence-electron chi connectivity index (χ4n) is 1.63. The van der Waals surface area contributed by atoms with Gasteiger partial charge in [-0.15, -0.1) is 10.2 Å². The lowest BCUT2D eigenvalue weighted by Gasteiger charge is -2.03. The molecule has 2 aromatic rings. The Morgan fingerprint density at radius 2 is 2.18 bits per heavy atom. The van der Waals surface area contributed by atoms with Crippen LogP contribution in [0.3, 0.4) is 0 Å². The van der Waals surface area contributed by atoms with Gasteiger partial charge in [-0.25, -0.2) is 0 Å². The van der Waals surface area contributed by atoms with Gasteiger partial charge in [-0.1, -0.05) is 0 Å². The van der Waals surface area contributed by atoms with Crippen molar-refractivity contribution >= 4 is 15.9 Å². The van der Waals surface area contributed by atoms with Crippen molar-refractivity contribution in [3.8, 4) is 17.2 Å². The predicted molar refractivity (Wildman–Crippen MR) is 66.0 cm³/mol. The molecule has 1 aliphatic carbocycles. The zero-order valence-electron chi connectivity index (χ0n) is 9.31. The Kier molecular flexibility index (Phi) is 2.63. The number of hydrogen-bond donors (Lipinski definition) is 0. The van der Waals surface area contributed by atoms with Gasteiger partial charge in [0.2, 0.25) is 11.8 Å². The molecule has 0 amide bonds. The van der Waals surface area contributed by atoms with E-state index in [0.29, 0.717) is 11.8 Å². The first-order chi connectivity index (χ1) is 8.28. The van der Waals surface area contributed by atoms with Gasteiger partial charge in [0.25, 0.3) is 0 Å². The second-order valence-corrected chi connectivity index (χ2v) is 4.92. The lowest BCUT2D eigenvalue weighted by atomic mass is 10.2. The van der Waals surface area contributed by atoms with Crippen LogP contribution in [0.2, 0.25) is 0 Å². The molecule has 1 aromatic heterocycles. The molecule has 0 bridgehead atoms. The van der Waals surface area contributed by atoms with Gasteiger partial charge in [0.15, 0.2) is 0 Å². The number of ether oxygens (including phenoxy) is 1. The molecule has 1 fully saturated rings. The molecule has 1 aliphatic rings. The maximum atomic E-state index is 5.67. The van der Waals surface area contributed by atoms with Gasteiger partial charge in [-0.2, -0.15) is 0 Å². The molecule has 0 aliphatic heterocycles. The molecule has 0 atom stereocenters. The largest absolute Gasteiger partial charge is 0.497 e. The molecule has 3 rings (SSSR count). The molecule has 1 aromatic carbocycles. The van der Waals surface area contributed by atoms with Crippen LogP contribution in [-0.4, -0.2) is 17.3 Å². The molecule has 0 spiro atoms. The van der Waals surface area contributed by atoms with Gasteiger partial charge in [0.1, 0.15) is 5.75 Å². The van der Waals surface area contributed by atoms with Crippen LogP contribution in [0.25, 0.3) is 11.5 Å². The Bertz CT molecular complexity index is 549. The van der Waals surface area contributed by atoms with E-state index in [1.807, 2.05) is 18.2 Å². The van der Waals surface area contributed by atoms with E-state index in [-0.39, 0.29) is 0 Å². The molecule has 4 nitrogen and oxygen atoms in total. The smallest absolute Gasteiger partial charge is 0.249 e. The fraction of sp³-hybridized carbons (Fsp3) is 0.333. The van der Waals surface area contributed by atoms with Crippen LogP contribution in [0.1, 0.15) is 24.7 Å². The summed E-state index contributed by atoms with van der Waals surface area (Å²) in [6.45, 7) is 0. The third-order valence-corrected chi connectivity index (χ3v) is 3.46. The third kappa shape index (κ3) is 2.07. The summed E-state index contributed by atoms with van der Waals surface area (Å²) < 4.78 is 11.8. The first-order valence-corrected chi connectivity index (χ1v) is 6.24. The lowest BCUT2D eigenvalue weighted by molar-refractivity contribution is 0.414. The number of halogens is 1. The number of aromatic nitrogens is 2. The molecule has 17 heavy (non-hydrogen) atoms. The molecule has 0 radical (unpaired) electrons. The number of benzene rings is 1. The summed E-state index contributed by atoms with van der Waals surface area (Å²) in [5.41, 5.74) is 0.865. The molecule has 0 unspecified atom stereocenters. The minimum atomic E-state index is 0.473. The highest BCUT2D eigenvalue weighted by atomic mass is 79.9. The van der Waals surface area contributed by atoms with Crippen LogP contribution in [0.4, 0.5) is 0 Å². The third-order valence-electron chi connectivity index (χ3n) is 2.77. The van der Waals surface area contributed by atoms with Crippen LogP contribution >= 0.6 is 15.9 Å². The molecule has 1 heterocycles. The lowest BCUT2D eigenvalue weighted by Crippen LogP contribution is -1.85. The second-order valence-electron chi connectivity index (χ2n) is 4.07. The highest BCUT2D eigenvalue weighted by Gasteiger charge is 2.29. The highest BCUT2D eigenvalue weighted by Crippen LogP contribution is 2.40. The minimum Gasteiger partial charge on any atom is -0.497 e. The molecular formula is C12H11BrN2O2. The molecule has 1 saturated carbocycles. The van der Waals surface area contributed by atoms with E-state index in [4.69, 9.17) is 9.15 Å². The average Bonchev–Trinajstić information content (AvgIpc) is 3.09. The standard InChI is InChI=1S/C12H11BrN2O2/c1-16-8-4-5-10(13)9(6-8)12-15-14-11(17-12)7-2-3-7/h4-7H,2-3H2,1H3. The number of nitrogens with zero attached hydrogens (tertiary/aromatic N) is 2. The van der Waals surface area contributed by atoms with Crippen molar-refractivity contribution < 1.29 is 9.15 Å². The SMILES string of the molecule is COc1ccc(Br)c(-c2nnc(C3CC3)o2)c1. The zero-order valence-corrected chi connectivity index (χ0v) is 10.9. The summed E-state index contributed by atoms with van der Waals surface area (Å²) in [5, 5.41) is 8.15. The van der Waals surface area contributed by atoms with Gasteiger partial charge in [0.05, 0.1) is 12.7 Å². The van der Waals surface area contributed by atoms with E-state index < -0.39 is 0 Å². The molecule has 0 saturated heterocycles. The van der Waals surface area contributed by atoms with Crippen molar-refractivity contribution in [1.82, 2.24) is 10.2 Å². The summed E-state index contributed by atoms with van der Waals surface area (Å²) in [7, 11) is 1.64. The Morgan fingerprint density at radius 1 is 1.35 bits per heavy atom. The van der Waals surface area contributed by atoms with Crippen molar-refractivity contribution in [2.24, 2.45) is 0 Å². The Labute approximate surface area is 107 Å². The predicted octanol–water partition coefficient (Wildman–Crippen LogP) is 3.39. The topological polar surface area (TPSA) is 48.2 Å². The summed E-state index contributed by atoms with van der Waals surface area (Å²) in [6.07, 6.45) is 2.31. The van der Waals surface area contributed by atoms with E-state index in [9.17, 15) is 0 Å². The van der Waals surface area contributed by atoms with Crippen LogP contribution < -0.4 is 4.74 Å². The Hall–Kier alpha value is -1.36. The number of hydrogen-bond acceptors (Lipinski definition) is 4. The first kappa shape index (κ1) is 10.8. The Balaban J connectivity index is 2.00. The molecular weight excluding hydrogens is 284 g/mol. The quantitative estimate of drug-likeness (QED) is 0.871. The van der Waals surface area contributed by atoms with Gasteiger partial charge in [0, 0.05) is 10.4 Å². The average molecular weight is 295 g/mol. The van der Waals surface area contributed by atoms with Crippen molar-refractivity contribution in [2.75, 3.05) is 7.11 Å². The summed E-state index contributed by atoms with van der Waals surface area (Å²) >= 11 is 3.47. The van der Waals surface area contributed by atoms with E-state index in [1.165, 1.54) is 0 Å². The van der Waals surface area contributed by atoms with Crippen molar-refractivity contribution in [3.63, 3.8) is 0 Å². The monoisotopic (exact) mass is 294 g/mol. The summed E-state index contributed by atoms with van der Waals surface area (Å²) in [4.78, 5) is 0. The Morgan fingerprint density at radius 3 is 2.88 bits per heavy atom. The highest BCUT2D eigenvalue weighted by molar-refractivity contribution is 9.10. The van der Waals surface area contributed by atoms with Crippen LogP contribution in [-0.2, 0) is 0 Å². The zero-order chi connectivity index (χ0) is 11.8. The molecule has 88 valence electrons. The van der Waals surface area contributed by atoms with Gasteiger partial charge >= 0.3 is 0 Å². The van der Waals surface area contributed by atoms with E-state index >= 15 is 0 Å². The fourth-order valence-corrected chi connectivity index (χ4v) is 2.05. The van der Waals surface area contributed by atoms with Crippen molar-refractivity contribution in [3.05, 3.63) is 28.6 Å². The molecule has 0 N–H and O–H groups in total. The van der Waals surface area contributed by atoms with Gasteiger partial charge in [-0.05, 0) is 47.0 Å². The normalized spacial score (nSPS) is 14.9. The van der Waals surface area contributed by atoms with E-state index in [0.717, 1.165) is 34.5 Å². The van der Waals surface area contributed by atoms with Gasteiger partial charge in [-0.3, -0.25) is 0 Å². The van der Waals surface area contributed by atoms with E-state index in [2.05, 4.69) is 26.1 Å². The second kappa shape index (κ2) is 4.14. The maximum Gasteiger partial charge on any atom is 0.249 e. The van der Waals surface area contributed by atoms with Crippen LogP contribution in [0.5, 0.6) is 5.75 Å². The summed E-state index contributed by atoms with van der Waals surface area (Å²) in [5.74, 6) is 2.53. The van der Waals surface area contributed by atoms with Crippen LogP contribution in [0.15, 0.2) is 27.1 Å². The number of methoxy groups -OCH3 is 1.